The van der Waals surface area contributed by atoms with Crippen LogP contribution in [0.25, 0.3) is 0 Å². The van der Waals surface area contributed by atoms with Crippen molar-refractivity contribution in [2.45, 2.75) is 26.7 Å². The first kappa shape index (κ1) is 11.8. The minimum atomic E-state index is 0.249. The van der Waals surface area contributed by atoms with Crippen molar-refractivity contribution in [1.82, 2.24) is 14.9 Å². The van der Waals surface area contributed by atoms with Gasteiger partial charge in [0.2, 0.25) is 4.77 Å². The van der Waals surface area contributed by atoms with Crippen LogP contribution >= 0.6 is 12.2 Å². The van der Waals surface area contributed by atoms with E-state index < -0.39 is 0 Å². The Morgan fingerprint density at radius 1 is 1.53 bits per heavy atom. The summed E-state index contributed by atoms with van der Waals surface area (Å²) in [6.45, 7) is 5.96. The molecule has 17 heavy (non-hydrogen) atoms. The van der Waals surface area contributed by atoms with Crippen LogP contribution in [-0.2, 0) is 0 Å². The molecule has 1 N–H and O–H groups in total. The zero-order valence-corrected chi connectivity index (χ0v) is 10.8. The summed E-state index contributed by atoms with van der Waals surface area (Å²) in [6.07, 6.45) is 1.63. The summed E-state index contributed by atoms with van der Waals surface area (Å²) in [4.78, 5) is 0. The SMILES string of the molecule is Cc1ccc(/C=N/n2c(C(C)C)n[nH]c2=S)o1. The standard InChI is InChI=1S/C11H14N4OS/c1-7(2)10-13-14-11(17)15(10)12-6-9-5-4-8(3)16-9/h4-7H,1-3H3,(H,14,17)/b12-6+. The van der Waals surface area contributed by atoms with E-state index in [2.05, 4.69) is 15.3 Å². The van der Waals surface area contributed by atoms with Crippen LogP contribution in [-0.4, -0.2) is 21.1 Å². The topological polar surface area (TPSA) is 59.1 Å². The first-order valence-electron chi connectivity index (χ1n) is 5.36. The Balaban J connectivity index is 2.32. The molecule has 0 radical (unpaired) electrons. The molecule has 0 amide bonds. The molecule has 2 aromatic rings. The third-order valence-corrected chi connectivity index (χ3v) is 2.52. The first-order chi connectivity index (χ1) is 8.08. The van der Waals surface area contributed by atoms with Crippen LogP contribution in [0.15, 0.2) is 21.7 Å². The monoisotopic (exact) mass is 250 g/mol. The van der Waals surface area contributed by atoms with Crippen LogP contribution in [0, 0.1) is 11.7 Å². The van der Waals surface area contributed by atoms with Gasteiger partial charge in [0.05, 0.1) is 6.21 Å². The molecule has 5 nitrogen and oxygen atoms in total. The second kappa shape index (κ2) is 4.67. The van der Waals surface area contributed by atoms with Gasteiger partial charge in [0.25, 0.3) is 0 Å². The molecule has 0 fully saturated rings. The molecular formula is C11H14N4OS. The molecule has 0 saturated heterocycles. The summed E-state index contributed by atoms with van der Waals surface area (Å²) in [5, 5.41) is 11.1. The predicted molar refractivity (Wildman–Crippen MR) is 67.9 cm³/mol. The number of furan rings is 1. The van der Waals surface area contributed by atoms with Crippen molar-refractivity contribution in [2.75, 3.05) is 0 Å². The highest BCUT2D eigenvalue weighted by Crippen LogP contribution is 2.11. The quantitative estimate of drug-likeness (QED) is 0.673. The number of aryl methyl sites for hydroxylation is 1. The lowest BCUT2D eigenvalue weighted by atomic mass is 10.2. The number of aromatic nitrogens is 3. The van der Waals surface area contributed by atoms with Gasteiger partial charge < -0.3 is 4.42 Å². The number of hydrogen-bond acceptors (Lipinski definition) is 4. The number of aromatic amines is 1. The highest BCUT2D eigenvalue weighted by Gasteiger charge is 2.08. The van der Waals surface area contributed by atoms with E-state index in [1.54, 1.807) is 10.9 Å². The lowest BCUT2D eigenvalue weighted by Crippen LogP contribution is -2.00. The molecule has 0 atom stereocenters. The van der Waals surface area contributed by atoms with Crippen molar-refractivity contribution in [2.24, 2.45) is 5.10 Å². The summed E-state index contributed by atoms with van der Waals surface area (Å²) in [7, 11) is 0. The average Bonchev–Trinajstić information content (AvgIpc) is 2.82. The summed E-state index contributed by atoms with van der Waals surface area (Å²) in [5.41, 5.74) is 0. The molecule has 6 heteroatoms. The molecule has 2 heterocycles. The zero-order chi connectivity index (χ0) is 12.4. The van der Waals surface area contributed by atoms with Crippen LogP contribution in [0.4, 0.5) is 0 Å². The smallest absolute Gasteiger partial charge is 0.216 e. The van der Waals surface area contributed by atoms with E-state index in [1.165, 1.54) is 0 Å². The molecule has 2 rings (SSSR count). The van der Waals surface area contributed by atoms with Gasteiger partial charge in [0.1, 0.15) is 11.5 Å². The number of H-pyrrole nitrogens is 1. The normalized spacial score (nSPS) is 11.8. The molecule has 90 valence electrons. The molecule has 0 unspecified atom stereocenters. The highest BCUT2D eigenvalue weighted by atomic mass is 32.1. The number of nitrogens with zero attached hydrogens (tertiary/aromatic N) is 3. The Morgan fingerprint density at radius 2 is 2.29 bits per heavy atom. The van der Waals surface area contributed by atoms with Crippen LogP contribution in [0.5, 0.6) is 0 Å². The van der Waals surface area contributed by atoms with Crippen molar-refractivity contribution < 1.29 is 4.42 Å². The van der Waals surface area contributed by atoms with Crippen molar-refractivity contribution in [1.29, 1.82) is 0 Å². The van der Waals surface area contributed by atoms with Gasteiger partial charge in [-0.3, -0.25) is 5.10 Å². The minimum Gasteiger partial charge on any atom is -0.460 e. The van der Waals surface area contributed by atoms with E-state index in [-0.39, 0.29) is 5.92 Å². The van der Waals surface area contributed by atoms with Gasteiger partial charge in [-0.1, -0.05) is 13.8 Å². The van der Waals surface area contributed by atoms with E-state index in [9.17, 15) is 0 Å². The van der Waals surface area contributed by atoms with E-state index in [0.29, 0.717) is 10.5 Å². The fourth-order valence-corrected chi connectivity index (χ4v) is 1.61. The zero-order valence-electron chi connectivity index (χ0n) is 9.97. The van der Waals surface area contributed by atoms with Gasteiger partial charge in [0, 0.05) is 5.92 Å². The molecular weight excluding hydrogens is 236 g/mol. The van der Waals surface area contributed by atoms with Crippen LogP contribution in [0.1, 0.15) is 37.1 Å². The molecule has 0 aromatic carbocycles. The molecule has 0 saturated carbocycles. The predicted octanol–water partition coefficient (Wildman–Crippen LogP) is 2.85. The summed E-state index contributed by atoms with van der Waals surface area (Å²) < 4.78 is 7.48. The highest BCUT2D eigenvalue weighted by molar-refractivity contribution is 7.71. The Kier molecular flexibility index (Phi) is 3.23. The maximum Gasteiger partial charge on any atom is 0.216 e. The van der Waals surface area contributed by atoms with Gasteiger partial charge in [0.15, 0.2) is 5.82 Å². The van der Waals surface area contributed by atoms with Crippen molar-refractivity contribution in [3.8, 4) is 0 Å². The van der Waals surface area contributed by atoms with E-state index in [1.807, 2.05) is 32.9 Å². The summed E-state index contributed by atoms with van der Waals surface area (Å²) >= 11 is 5.11. The second-order valence-electron chi connectivity index (χ2n) is 4.05. The summed E-state index contributed by atoms with van der Waals surface area (Å²) in [5.74, 6) is 2.60. The average molecular weight is 250 g/mol. The summed E-state index contributed by atoms with van der Waals surface area (Å²) in [6, 6.07) is 3.75. The second-order valence-corrected chi connectivity index (χ2v) is 4.43. The maximum absolute atomic E-state index is 5.39. The van der Waals surface area contributed by atoms with Gasteiger partial charge >= 0.3 is 0 Å². The minimum absolute atomic E-state index is 0.249. The van der Waals surface area contributed by atoms with Crippen molar-refractivity contribution in [3.63, 3.8) is 0 Å². The van der Waals surface area contributed by atoms with Crippen LogP contribution < -0.4 is 0 Å². The third-order valence-electron chi connectivity index (χ3n) is 2.25. The number of rotatable bonds is 3. The van der Waals surface area contributed by atoms with Crippen LogP contribution in [0.2, 0.25) is 0 Å². The maximum atomic E-state index is 5.39. The van der Waals surface area contributed by atoms with E-state index >= 15 is 0 Å². The van der Waals surface area contributed by atoms with Gasteiger partial charge in [-0.25, -0.2) is 0 Å². The molecule has 0 spiro atoms. The molecule has 0 aliphatic rings. The molecule has 2 aromatic heterocycles. The molecule has 0 bridgehead atoms. The van der Waals surface area contributed by atoms with Crippen molar-refractivity contribution in [3.05, 3.63) is 34.2 Å². The Bertz CT molecular complexity index is 591. The lowest BCUT2D eigenvalue weighted by Gasteiger charge is -2.02. The third kappa shape index (κ3) is 2.52. The Hall–Kier alpha value is -1.69. The Labute approximate surface area is 104 Å². The van der Waals surface area contributed by atoms with E-state index in [4.69, 9.17) is 16.6 Å². The van der Waals surface area contributed by atoms with Gasteiger partial charge in [-0.2, -0.15) is 14.9 Å². The first-order valence-corrected chi connectivity index (χ1v) is 5.77. The van der Waals surface area contributed by atoms with Crippen LogP contribution in [0.3, 0.4) is 0 Å². The Morgan fingerprint density at radius 3 is 2.88 bits per heavy atom. The van der Waals surface area contributed by atoms with E-state index in [0.717, 1.165) is 11.6 Å². The lowest BCUT2D eigenvalue weighted by molar-refractivity contribution is 0.527. The molecule has 0 aliphatic heterocycles. The number of hydrogen-bond donors (Lipinski definition) is 1. The van der Waals surface area contributed by atoms with Gasteiger partial charge in [-0.05, 0) is 31.3 Å². The largest absolute Gasteiger partial charge is 0.460 e. The fourth-order valence-electron chi connectivity index (χ4n) is 1.43. The fraction of sp³-hybridized carbons (Fsp3) is 0.364. The molecule has 0 aliphatic carbocycles. The van der Waals surface area contributed by atoms with Crippen molar-refractivity contribution >= 4 is 18.4 Å². The number of nitrogens with one attached hydrogen (secondary N) is 1. The van der Waals surface area contributed by atoms with Gasteiger partial charge in [-0.15, -0.1) is 0 Å².